The molecule has 0 saturated carbocycles. The number of nitrogens with zero attached hydrogens (tertiary/aromatic N) is 5. The maximum Gasteiger partial charge on any atom is 0.241 e. The van der Waals surface area contributed by atoms with Crippen molar-refractivity contribution in [2.24, 2.45) is 0 Å². The highest BCUT2D eigenvalue weighted by molar-refractivity contribution is 5.67. The van der Waals surface area contributed by atoms with Crippen LogP contribution in [0.1, 0.15) is 43.2 Å². The number of piperidine rings is 1. The molecule has 8 heteroatoms. The molecule has 3 aromatic heterocycles. The Morgan fingerprint density at radius 2 is 1.88 bits per heavy atom. The van der Waals surface area contributed by atoms with E-state index < -0.39 is 5.60 Å². The highest BCUT2D eigenvalue weighted by Crippen LogP contribution is 2.46. The van der Waals surface area contributed by atoms with Crippen molar-refractivity contribution in [2.75, 3.05) is 0 Å². The van der Waals surface area contributed by atoms with Gasteiger partial charge in [0.15, 0.2) is 0 Å². The molecular formula is C25H25N5O3. The smallest absolute Gasteiger partial charge is 0.241 e. The summed E-state index contributed by atoms with van der Waals surface area (Å²) in [6, 6.07) is 14.1. The first-order valence-electron chi connectivity index (χ1n) is 11.3. The fourth-order valence-corrected chi connectivity index (χ4v) is 5.35. The molecule has 0 radical (unpaired) electrons. The Balaban J connectivity index is 1.20. The molecule has 2 bridgehead atoms. The molecule has 1 aromatic carbocycles. The molecule has 2 fully saturated rings. The van der Waals surface area contributed by atoms with Crippen molar-refractivity contribution in [1.29, 1.82) is 0 Å². The first-order valence-corrected chi connectivity index (χ1v) is 11.3. The maximum atomic E-state index is 11.2. The molecule has 0 amide bonds. The molecule has 0 aliphatic carbocycles. The number of rotatable bonds is 5. The van der Waals surface area contributed by atoms with Crippen LogP contribution in [0.25, 0.3) is 22.6 Å². The zero-order chi connectivity index (χ0) is 22.4. The third-order valence-electron chi connectivity index (χ3n) is 6.88. The molecule has 2 aliphatic rings. The summed E-state index contributed by atoms with van der Waals surface area (Å²) in [7, 11) is 0. The van der Waals surface area contributed by atoms with Gasteiger partial charge in [0.2, 0.25) is 11.7 Å². The van der Waals surface area contributed by atoms with E-state index in [1.807, 2.05) is 49.4 Å². The van der Waals surface area contributed by atoms with Crippen LogP contribution >= 0.6 is 0 Å². The van der Waals surface area contributed by atoms with Gasteiger partial charge < -0.3 is 14.0 Å². The van der Waals surface area contributed by atoms with Crippen LogP contribution in [0.2, 0.25) is 0 Å². The summed E-state index contributed by atoms with van der Waals surface area (Å²) in [6.45, 7) is 2.46. The van der Waals surface area contributed by atoms with Crippen LogP contribution in [0.4, 0.5) is 0 Å². The number of hydrogen-bond donors (Lipinski definition) is 1. The third-order valence-corrected chi connectivity index (χ3v) is 6.88. The van der Waals surface area contributed by atoms with Gasteiger partial charge in [0.05, 0.1) is 18.5 Å². The first-order chi connectivity index (χ1) is 16.1. The summed E-state index contributed by atoms with van der Waals surface area (Å²) >= 11 is 0. The van der Waals surface area contributed by atoms with Crippen LogP contribution < -0.4 is 0 Å². The van der Waals surface area contributed by atoms with Gasteiger partial charge in [-0.2, -0.15) is 4.98 Å². The summed E-state index contributed by atoms with van der Waals surface area (Å²) in [5.74, 6) is 2.55. The first kappa shape index (κ1) is 20.3. The second-order valence-corrected chi connectivity index (χ2v) is 9.06. The molecule has 8 nitrogen and oxygen atoms in total. The number of aliphatic hydroxyl groups is 1. The Morgan fingerprint density at radius 3 is 2.64 bits per heavy atom. The van der Waals surface area contributed by atoms with Crippen molar-refractivity contribution in [3.63, 3.8) is 0 Å². The van der Waals surface area contributed by atoms with Crippen molar-refractivity contribution >= 4 is 0 Å². The molecule has 0 unspecified atom stereocenters. The highest BCUT2D eigenvalue weighted by atomic mass is 16.5. The van der Waals surface area contributed by atoms with Gasteiger partial charge in [-0.3, -0.25) is 4.90 Å². The van der Waals surface area contributed by atoms with Crippen LogP contribution in [0.15, 0.2) is 63.9 Å². The number of hydrogen-bond acceptors (Lipinski definition) is 8. The molecule has 2 saturated heterocycles. The fourth-order valence-electron chi connectivity index (χ4n) is 5.35. The lowest BCUT2D eigenvalue weighted by atomic mass is 9.84. The summed E-state index contributed by atoms with van der Waals surface area (Å²) in [5, 5.41) is 15.4. The number of furan rings is 1. The third kappa shape index (κ3) is 3.75. The lowest BCUT2D eigenvalue weighted by Crippen LogP contribution is -2.49. The van der Waals surface area contributed by atoms with E-state index in [0.29, 0.717) is 36.9 Å². The van der Waals surface area contributed by atoms with Crippen molar-refractivity contribution in [3.8, 4) is 22.6 Å². The molecule has 0 spiro atoms. The maximum absolute atomic E-state index is 11.2. The number of aryl methyl sites for hydroxylation is 1. The molecule has 5 heterocycles. The van der Waals surface area contributed by atoms with Gasteiger partial charge in [0, 0.05) is 29.4 Å². The van der Waals surface area contributed by atoms with E-state index >= 15 is 0 Å². The zero-order valence-corrected chi connectivity index (χ0v) is 18.4. The summed E-state index contributed by atoms with van der Waals surface area (Å²) < 4.78 is 11.2. The molecule has 6 rings (SSSR count). The van der Waals surface area contributed by atoms with Gasteiger partial charge in [0.25, 0.3) is 0 Å². The minimum Gasteiger partial charge on any atom is -0.466 e. The van der Waals surface area contributed by atoms with E-state index in [1.54, 1.807) is 12.5 Å². The van der Waals surface area contributed by atoms with Gasteiger partial charge >= 0.3 is 0 Å². The van der Waals surface area contributed by atoms with Gasteiger partial charge in [0.1, 0.15) is 17.2 Å². The van der Waals surface area contributed by atoms with Gasteiger partial charge in [-0.05, 0) is 56.9 Å². The van der Waals surface area contributed by atoms with Crippen LogP contribution in [0, 0.1) is 6.92 Å². The Labute approximate surface area is 191 Å². The molecule has 4 aromatic rings. The Kier molecular flexibility index (Phi) is 4.85. The number of fused-ring (bicyclic) bond motifs is 2. The standard InChI is InChI=1S/C25H25N5O3/c1-16-26-10-9-21(27-16)17-4-2-5-18(12-17)24-28-23(33-29-24)15-30-19-7-8-20(30)14-25(31,13-19)22-6-3-11-32-22/h2-6,9-12,19-20,31H,7-8,13-15H2,1H3/t19-,20-/m0/s1. The average molecular weight is 444 g/mol. The topological polar surface area (TPSA) is 101 Å². The SMILES string of the molecule is Cc1nccc(-c2cccc(-c3noc(CN4[C@H]5CC[C@H]4CC(O)(c4ccco4)C5)n3)c2)n1. The van der Waals surface area contributed by atoms with Gasteiger partial charge in [-0.15, -0.1) is 0 Å². The van der Waals surface area contributed by atoms with Crippen LogP contribution in [-0.4, -0.2) is 42.2 Å². The van der Waals surface area contributed by atoms with Crippen LogP contribution in [0.3, 0.4) is 0 Å². The summed E-state index contributed by atoms with van der Waals surface area (Å²) in [4.78, 5) is 15.7. The average Bonchev–Trinajstić information content (AvgIpc) is 3.56. The molecule has 2 atom stereocenters. The van der Waals surface area contributed by atoms with Crippen LogP contribution in [-0.2, 0) is 12.1 Å². The Morgan fingerprint density at radius 1 is 1.06 bits per heavy atom. The quantitative estimate of drug-likeness (QED) is 0.492. The second kappa shape index (κ2) is 7.90. The molecule has 168 valence electrons. The molecule has 2 aliphatic heterocycles. The fraction of sp³-hybridized carbons (Fsp3) is 0.360. The monoisotopic (exact) mass is 443 g/mol. The Bertz CT molecular complexity index is 1250. The van der Waals surface area contributed by atoms with Crippen molar-refractivity contribution < 1.29 is 14.0 Å². The summed E-state index contributed by atoms with van der Waals surface area (Å²) in [6.07, 6.45) is 6.79. The normalized spacial score (nSPS) is 24.9. The molecule has 1 N–H and O–H groups in total. The van der Waals surface area contributed by atoms with Crippen molar-refractivity contribution in [1.82, 2.24) is 25.0 Å². The number of benzene rings is 1. The lowest BCUT2D eigenvalue weighted by molar-refractivity contribution is -0.0745. The zero-order valence-electron chi connectivity index (χ0n) is 18.4. The van der Waals surface area contributed by atoms with E-state index in [1.165, 1.54) is 0 Å². The minimum absolute atomic E-state index is 0.263. The van der Waals surface area contributed by atoms with E-state index in [9.17, 15) is 5.11 Å². The van der Waals surface area contributed by atoms with E-state index in [2.05, 4.69) is 25.0 Å². The second-order valence-electron chi connectivity index (χ2n) is 9.06. The lowest BCUT2D eigenvalue weighted by Gasteiger charge is -2.42. The predicted octanol–water partition coefficient (Wildman–Crippen LogP) is 4.11. The van der Waals surface area contributed by atoms with Gasteiger partial charge in [-0.1, -0.05) is 23.4 Å². The van der Waals surface area contributed by atoms with E-state index in [-0.39, 0.29) is 12.1 Å². The van der Waals surface area contributed by atoms with Gasteiger partial charge in [-0.25, -0.2) is 9.97 Å². The number of aromatic nitrogens is 4. The Hall–Kier alpha value is -3.36. The van der Waals surface area contributed by atoms with E-state index in [0.717, 1.165) is 35.5 Å². The minimum atomic E-state index is -0.897. The van der Waals surface area contributed by atoms with E-state index in [4.69, 9.17) is 8.94 Å². The predicted molar refractivity (Wildman–Crippen MR) is 120 cm³/mol. The largest absolute Gasteiger partial charge is 0.466 e. The van der Waals surface area contributed by atoms with Crippen LogP contribution in [0.5, 0.6) is 0 Å². The summed E-state index contributed by atoms with van der Waals surface area (Å²) in [5.41, 5.74) is 1.83. The molecule has 33 heavy (non-hydrogen) atoms. The van der Waals surface area contributed by atoms with Crippen molar-refractivity contribution in [2.45, 2.75) is 56.8 Å². The molecular weight excluding hydrogens is 418 g/mol. The highest BCUT2D eigenvalue weighted by Gasteiger charge is 2.49. The van der Waals surface area contributed by atoms with Crippen molar-refractivity contribution in [3.05, 3.63) is 72.4 Å².